The maximum absolute atomic E-state index is 11.9. The number of carbonyl (C=O) groups is 1. The van der Waals surface area contributed by atoms with Crippen LogP contribution in [0.15, 0.2) is 42.6 Å². The molecule has 35 heavy (non-hydrogen) atoms. The lowest BCUT2D eigenvalue weighted by Crippen LogP contribution is -2.26. The molecule has 0 saturated heterocycles. The second-order valence-corrected chi connectivity index (χ2v) is 9.73. The van der Waals surface area contributed by atoms with Gasteiger partial charge in [-0.05, 0) is 62.2 Å². The van der Waals surface area contributed by atoms with Crippen LogP contribution in [-0.2, 0) is 17.8 Å². The van der Waals surface area contributed by atoms with Crippen molar-refractivity contribution in [1.82, 2.24) is 14.9 Å². The molecule has 0 spiro atoms. The van der Waals surface area contributed by atoms with E-state index in [1.807, 2.05) is 43.0 Å². The molecule has 1 unspecified atom stereocenters. The lowest BCUT2D eigenvalue weighted by molar-refractivity contribution is -0.138. The van der Waals surface area contributed by atoms with E-state index in [0.717, 1.165) is 42.2 Å². The number of fused-ring (bicyclic) bond motifs is 2. The molecule has 0 radical (unpaired) electrons. The Kier molecular flexibility index (Phi) is 6.25. The van der Waals surface area contributed by atoms with Crippen molar-refractivity contribution < 1.29 is 14.6 Å². The van der Waals surface area contributed by atoms with Gasteiger partial charge in [-0.15, -0.1) is 0 Å². The number of para-hydroxylation sites is 1. The van der Waals surface area contributed by atoms with Crippen LogP contribution in [-0.4, -0.2) is 52.2 Å². The number of benzene rings is 2. The third-order valence-electron chi connectivity index (χ3n) is 6.36. The number of nitrogens with zero attached hydrogens (tertiary/aromatic N) is 4. The first kappa shape index (κ1) is 23.4. The maximum Gasteiger partial charge on any atom is 0.312 e. The van der Waals surface area contributed by atoms with Crippen molar-refractivity contribution in [3.05, 3.63) is 64.3 Å². The van der Waals surface area contributed by atoms with Crippen LogP contribution in [0, 0.1) is 0 Å². The van der Waals surface area contributed by atoms with Gasteiger partial charge in [-0.2, -0.15) is 4.98 Å². The van der Waals surface area contributed by atoms with Crippen LogP contribution < -0.4 is 15.0 Å². The van der Waals surface area contributed by atoms with Gasteiger partial charge in [0.25, 0.3) is 0 Å². The van der Waals surface area contributed by atoms with Gasteiger partial charge < -0.3 is 25.0 Å². The Morgan fingerprint density at radius 3 is 2.83 bits per heavy atom. The molecule has 182 valence electrons. The van der Waals surface area contributed by atoms with E-state index in [4.69, 9.17) is 21.3 Å². The van der Waals surface area contributed by atoms with E-state index in [1.165, 1.54) is 17.3 Å². The third-order valence-corrected chi connectivity index (χ3v) is 6.63. The molecule has 9 heteroatoms. The minimum Gasteiger partial charge on any atom is -0.489 e. The van der Waals surface area contributed by atoms with Crippen molar-refractivity contribution in [3.8, 4) is 5.75 Å². The van der Waals surface area contributed by atoms with Crippen LogP contribution >= 0.6 is 11.6 Å². The highest BCUT2D eigenvalue weighted by atomic mass is 35.5. The molecule has 0 fully saturated rings. The molecular formula is C26H28ClN5O3. The highest BCUT2D eigenvalue weighted by Gasteiger charge is 2.35. The first-order valence-electron chi connectivity index (χ1n) is 11.7. The standard InChI is InChI=1S/C26H28ClN5O3/c1-15(2)35-23-11-16-8-9-31(3)13-17(16)10-21(23)29-26-28-12-20(27)24(30-26)32-14-19(25(33)34)18-6-4-5-7-22(18)32/h4-7,10-12,15,19H,8-9,13-14H2,1-3H3,(H,33,34)(H,28,29,30). The summed E-state index contributed by atoms with van der Waals surface area (Å²) >= 11 is 6.51. The van der Waals surface area contributed by atoms with Gasteiger partial charge >= 0.3 is 5.97 Å². The summed E-state index contributed by atoms with van der Waals surface area (Å²) < 4.78 is 6.12. The summed E-state index contributed by atoms with van der Waals surface area (Å²) in [5.41, 5.74) is 4.84. The molecule has 1 aromatic heterocycles. The Morgan fingerprint density at radius 2 is 2.06 bits per heavy atom. The molecule has 2 aliphatic rings. The molecule has 0 saturated carbocycles. The minimum atomic E-state index is -0.877. The number of aliphatic carboxylic acids is 1. The average molecular weight is 494 g/mol. The first-order chi connectivity index (χ1) is 16.8. The predicted octanol–water partition coefficient (Wildman–Crippen LogP) is 4.97. The lowest BCUT2D eigenvalue weighted by atomic mass is 9.98. The number of likely N-dealkylation sites (N-methyl/N-ethyl adjacent to an activating group) is 1. The monoisotopic (exact) mass is 493 g/mol. The fourth-order valence-electron chi connectivity index (χ4n) is 4.72. The molecule has 2 aliphatic heterocycles. The predicted molar refractivity (Wildman–Crippen MR) is 136 cm³/mol. The second-order valence-electron chi connectivity index (χ2n) is 9.32. The lowest BCUT2D eigenvalue weighted by Gasteiger charge is -2.27. The summed E-state index contributed by atoms with van der Waals surface area (Å²) in [6.45, 7) is 6.12. The molecule has 2 N–H and O–H groups in total. The van der Waals surface area contributed by atoms with E-state index in [9.17, 15) is 9.90 Å². The summed E-state index contributed by atoms with van der Waals surface area (Å²) in [7, 11) is 2.11. The number of aromatic nitrogens is 2. The average Bonchev–Trinajstić information content (AvgIpc) is 3.20. The summed E-state index contributed by atoms with van der Waals surface area (Å²) in [5, 5.41) is 13.4. The molecule has 3 aromatic rings. The number of halogens is 1. The Bertz CT molecular complexity index is 1280. The van der Waals surface area contributed by atoms with Gasteiger partial charge in [-0.25, -0.2) is 4.98 Å². The molecule has 8 nitrogen and oxygen atoms in total. The van der Waals surface area contributed by atoms with Gasteiger partial charge in [0.1, 0.15) is 16.7 Å². The summed E-state index contributed by atoms with van der Waals surface area (Å²) in [6, 6.07) is 11.7. The van der Waals surface area contributed by atoms with Gasteiger partial charge in [-0.3, -0.25) is 4.79 Å². The molecule has 0 aliphatic carbocycles. The zero-order chi connectivity index (χ0) is 24.7. The molecule has 5 rings (SSSR count). The van der Waals surface area contributed by atoms with Crippen LogP contribution in [0.3, 0.4) is 0 Å². The van der Waals surface area contributed by atoms with Crippen LogP contribution in [0.2, 0.25) is 5.02 Å². The highest BCUT2D eigenvalue weighted by molar-refractivity contribution is 6.33. The van der Waals surface area contributed by atoms with Crippen LogP contribution in [0.4, 0.5) is 23.1 Å². The third kappa shape index (κ3) is 4.63. The van der Waals surface area contributed by atoms with Gasteiger partial charge in [0.2, 0.25) is 5.95 Å². The number of anilines is 4. The zero-order valence-corrected chi connectivity index (χ0v) is 20.7. The molecule has 1 atom stereocenters. The van der Waals surface area contributed by atoms with Gasteiger partial charge in [-0.1, -0.05) is 29.8 Å². The van der Waals surface area contributed by atoms with Gasteiger partial charge in [0.05, 0.1) is 18.0 Å². The second kappa shape index (κ2) is 9.36. The van der Waals surface area contributed by atoms with Crippen molar-refractivity contribution in [2.75, 3.05) is 30.4 Å². The summed E-state index contributed by atoms with van der Waals surface area (Å²) in [6.07, 6.45) is 2.52. The van der Waals surface area contributed by atoms with E-state index >= 15 is 0 Å². The largest absolute Gasteiger partial charge is 0.489 e. The van der Waals surface area contributed by atoms with E-state index in [2.05, 4.69) is 34.4 Å². The minimum absolute atomic E-state index is 0.00983. The van der Waals surface area contributed by atoms with Crippen molar-refractivity contribution in [2.24, 2.45) is 0 Å². The molecule has 2 aromatic carbocycles. The van der Waals surface area contributed by atoms with E-state index in [0.29, 0.717) is 16.8 Å². The van der Waals surface area contributed by atoms with Crippen LogP contribution in [0.1, 0.15) is 36.5 Å². The normalized spacial score (nSPS) is 17.3. The Hall–Kier alpha value is -3.36. The molecule has 0 bridgehead atoms. The fraction of sp³-hybridized carbons (Fsp3) is 0.346. The number of carboxylic acids is 1. The highest BCUT2D eigenvalue weighted by Crippen LogP contribution is 2.43. The molecule has 3 heterocycles. The number of hydrogen-bond acceptors (Lipinski definition) is 7. The van der Waals surface area contributed by atoms with Crippen molar-refractivity contribution >= 4 is 40.7 Å². The molecule has 0 amide bonds. The van der Waals surface area contributed by atoms with E-state index in [1.54, 1.807) is 0 Å². The summed E-state index contributed by atoms with van der Waals surface area (Å²) in [4.78, 5) is 25.1. The van der Waals surface area contributed by atoms with Crippen LogP contribution in [0.5, 0.6) is 5.75 Å². The number of ether oxygens (including phenoxy) is 1. The number of hydrogen-bond donors (Lipinski definition) is 2. The van der Waals surface area contributed by atoms with Crippen molar-refractivity contribution in [2.45, 2.75) is 38.8 Å². The molecular weight excluding hydrogens is 466 g/mol. The Labute approximate surface area is 209 Å². The number of carboxylic acid groups (broad SMARTS) is 1. The quantitative estimate of drug-likeness (QED) is 0.497. The SMILES string of the molecule is CC(C)Oc1cc2c(cc1Nc1ncc(Cl)c(N3CC(C(=O)O)c4ccccc43)n1)CN(C)CC2. The Morgan fingerprint density at radius 1 is 1.26 bits per heavy atom. The fourth-order valence-corrected chi connectivity index (χ4v) is 4.92. The van der Waals surface area contributed by atoms with E-state index < -0.39 is 11.9 Å². The maximum atomic E-state index is 11.9. The van der Waals surface area contributed by atoms with Gasteiger partial charge in [0.15, 0.2) is 5.82 Å². The van der Waals surface area contributed by atoms with Crippen molar-refractivity contribution in [1.29, 1.82) is 0 Å². The summed E-state index contributed by atoms with van der Waals surface area (Å²) in [5.74, 6) is 0.0407. The van der Waals surface area contributed by atoms with E-state index in [-0.39, 0.29) is 12.6 Å². The number of rotatable bonds is 6. The first-order valence-corrected chi connectivity index (χ1v) is 12.1. The topological polar surface area (TPSA) is 90.8 Å². The Balaban J connectivity index is 1.51. The van der Waals surface area contributed by atoms with Gasteiger partial charge in [0, 0.05) is 25.3 Å². The smallest absolute Gasteiger partial charge is 0.312 e. The number of nitrogens with one attached hydrogen (secondary N) is 1. The van der Waals surface area contributed by atoms with Crippen molar-refractivity contribution in [3.63, 3.8) is 0 Å². The van der Waals surface area contributed by atoms with Crippen LogP contribution in [0.25, 0.3) is 0 Å². The zero-order valence-electron chi connectivity index (χ0n) is 20.0.